The fourth-order valence-electron chi connectivity index (χ4n) is 4.90. The van der Waals surface area contributed by atoms with Crippen LogP contribution in [0.3, 0.4) is 0 Å². The van der Waals surface area contributed by atoms with E-state index in [1.807, 2.05) is 30.3 Å². The third kappa shape index (κ3) is 5.02. The van der Waals surface area contributed by atoms with E-state index in [1.165, 1.54) is 28.5 Å². The highest BCUT2D eigenvalue weighted by atomic mass is 35.5. The second-order valence-corrected chi connectivity index (χ2v) is 8.81. The van der Waals surface area contributed by atoms with E-state index in [0.29, 0.717) is 13.0 Å². The zero-order valence-electron chi connectivity index (χ0n) is 19.3. The Morgan fingerprint density at radius 3 is 2.60 bits per heavy atom. The van der Waals surface area contributed by atoms with E-state index in [0.717, 1.165) is 16.9 Å². The normalized spacial score (nSPS) is 17.7. The van der Waals surface area contributed by atoms with Gasteiger partial charge in [0.2, 0.25) is 0 Å². The average Bonchev–Trinajstić information content (AvgIpc) is 2.86. The monoisotopic (exact) mass is 491 g/mol. The highest BCUT2D eigenvalue weighted by Gasteiger charge is 2.30. The molecule has 0 saturated heterocycles. The number of benzene rings is 4. The Bertz CT molecular complexity index is 1350. The highest BCUT2D eigenvalue weighted by Crippen LogP contribution is 2.40. The van der Waals surface area contributed by atoms with Crippen molar-refractivity contribution in [3.8, 4) is 5.75 Å². The van der Waals surface area contributed by atoms with E-state index in [-0.39, 0.29) is 36.0 Å². The minimum absolute atomic E-state index is 0. The Morgan fingerprint density at radius 2 is 1.80 bits per heavy atom. The second kappa shape index (κ2) is 10.5. The molecule has 4 aromatic rings. The Morgan fingerprint density at radius 1 is 1.06 bits per heavy atom. The number of ether oxygens (including phenoxy) is 1. The molecule has 0 aliphatic carbocycles. The van der Waals surface area contributed by atoms with Crippen molar-refractivity contribution in [2.45, 2.75) is 31.4 Å². The summed E-state index contributed by atoms with van der Waals surface area (Å²) in [6.45, 7) is 2.78. The molecular weight excluding hydrogens is 465 g/mol. The fraction of sp³-hybridized carbons (Fsp3) is 0.207. The molecule has 0 bridgehead atoms. The Balaban J connectivity index is 0.00000289. The number of aromatic carboxylic acids is 1. The first-order valence-corrected chi connectivity index (χ1v) is 11.5. The van der Waals surface area contributed by atoms with Gasteiger partial charge in [-0.3, -0.25) is 0 Å². The molecule has 0 radical (unpaired) electrons. The van der Waals surface area contributed by atoms with Crippen molar-refractivity contribution < 1.29 is 19.0 Å². The molecule has 4 aromatic carbocycles. The molecule has 2 N–H and O–H groups in total. The molecule has 0 saturated carbocycles. The number of halogens is 2. The van der Waals surface area contributed by atoms with Crippen molar-refractivity contribution in [2.75, 3.05) is 6.54 Å². The lowest BCUT2D eigenvalue weighted by Gasteiger charge is -2.33. The standard InChI is InChI=1S/C29H26FNO3.ClH/c1-18(22-11-6-8-19-7-2-3-9-23(19)22)31-17-21-16-26(24-10-4-5-12-28(24)34-21)20-13-14-25(29(32)33)27(30)15-20;/h2-15,18,21,26,31H,16-17H2,1H3,(H,32,33);1H/t18?,21-,26+;/m1./s1. The van der Waals surface area contributed by atoms with Crippen LogP contribution in [0.2, 0.25) is 0 Å². The van der Waals surface area contributed by atoms with Crippen LogP contribution in [0.5, 0.6) is 5.75 Å². The number of para-hydroxylation sites is 1. The maximum Gasteiger partial charge on any atom is 0.338 e. The Kier molecular flexibility index (Phi) is 7.39. The molecule has 0 fully saturated rings. The SMILES string of the molecule is CC(NC[C@H]1C[C@@H](c2ccc(C(=O)O)c(F)c2)c2ccccc2O1)c1cccc2ccccc12.Cl. The summed E-state index contributed by atoms with van der Waals surface area (Å²) in [5.74, 6) is -1.28. The van der Waals surface area contributed by atoms with Crippen molar-refractivity contribution in [2.24, 2.45) is 0 Å². The van der Waals surface area contributed by atoms with Gasteiger partial charge in [-0.2, -0.15) is 0 Å². The number of fused-ring (bicyclic) bond motifs is 2. The average molecular weight is 492 g/mol. The summed E-state index contributed by atoms with van der Waals surface area (Å²) in [5.41, 5.74) is 2.66. The second-order valence-electron chi connectivity index (χ2n) is 8.81. The first-order valence-electron chi connectivity index (χ1n) is 11.5. The van der Waals surface area contributed by atoms with Crippen molar-refractivity contribution in [3.63, 3.8) is 0 Å². The van der Waals surface area contributed by atoms with Crippen LogP contribution in [0, 0.1) is 5.82 Å². The molecule has 1 aliphatic heterocycles. The number of hydrogen-bond donors (Lipinski definition) is 2. The summed E-state index contributed by atoms with van der Waals surface area (Å²) >= 11 is 0. The van der Waals surface area contributed by atoms with Crippen molar-refractivity contribution >= 4 is 29.1 Å². The number of rotatable bonds is 6. The molecule has 1 aliphatic rings. The molecule has 3 atom stereocenters. The zero-order chi connectivity index (χ0) is 23.7. The van der Waals surface area contributed by atoms with Gasteiger partial charge >= 0.3 is 5.97 Å². The number of carboxylic acid groups (broad SMARTS) is 1. The molecule has 0 amide bonds. The molecule has 1 heterocycles. The third-order valence-electron chi connectivity index (χ3n) is 6.65. The van der Waals surface area contributed by atoms with Crippen LogP contribution in [0.4, 0.5) is 4.39 Å². The minimum Gasteiger partial charge on any atom is -0.489 e. The van der Waals surface area contributed by atoms with E-state index in [2.05, 4.69) is 48.6 Å². The molecule has 1 unspecified atom stereocenters. The van der Waals surface area contributed by atoms with Crippen LogP contribution in [0.15, 0.2) is 84.9 Å². The van der Waals surface area contributed by atoms with E-state index >= 15 is 0 Å². The van der Waals surface area contributed by atoms with Crippen molar-refractivity contribution in [3.05, 3.63) is 113 Å². The quantitative estimate of drug-likeness (QED) is 0.314. The number of carbonyl (C=O) groups is 1. The molecule has 6 heteroatoms. The van der Waals surface area contributed by atoms with Gasteiger partial charge in [0.1, 0.15) is 17.7 Å². The van der Waals surface area contributed by atoms with Gasteiger partial charge in [-0.05, 0) is 53.4 Å². The summed E-state index contributed by atoms with van der Waals surface area (Å²) in [6, 6.07) is 27.0. The summed E-state index contributed by atoms with van der Waals surface area (Å²) in [4.78, 5) is 11.2. The smallest absolute Gasteiger partial charge is 0.338 e. The van der Waals surface area contributed by atoms with E-state index in [9.17, 15) is 14.3 Å². The van der Waals surface area contributed by atoms with Gasteiger partial charge in [-0.1, -0.05) is 66.7 Å². The fourth-order valence-corrected chi connectivity index (χ4v) is 4.90. The van der Waals surface area contributed by atoms with Crippen LogP contribution in [0.25, 0.3) is 10.8 Å². The zero-order valence-corrected chi connectivity index (χ0v) is 20.1. The molecule has 5 rings (SSSR count). The lowest BCUT2D eigenvalue weighted by molar-refractivity contribution is 0.0691. The van der Waals surface area contributed by atoms with Gasteiger partial charge in [-0.25, -0.2) is 9.18 Å². The molecule has 35 heavy (non-hydrogen) atoms. The maximum atomic E-state index is 14.5. The lowest BCUT2D eigenvalue weighted by atomic mass is 9.83. The van der Waals surface area contributed by atoms with E-state index < -0.39 is 11.8 Å². The first-order chi connectivity index (χ1) is 16.5. The van der Waals surface area contributed by atoms with Crippen LogP contribution >= 0.6 is 12.4 Å². The van der Waals surface area contributed by atoms with Crippen molar-refractivity contribution in [1.82, 2.24) is 5.32 Å². The van der Waals surface area contributed by atoms with Crippen LogP contribution in [-0.4, -0.2) is 23.7 Å². The Hall–Kier alpha value is -3.41. The highest BCUT2D eigenvalue weighted by molar-refractivity contribution is 5.88. The summed E-state index contributed by atoms with van der Waals surface area (Å²) < 4.78 is 20.8. The summed E-state index contributed by atoms with van der Waals surface area (Å²) in [5, 5.41) is 15.2. The van der Waals surface area contributed by atoms with Gasteiger partial charge < -0.3 is 15.2 Å². The van der Waals surface area contributed by atoms with E-state index in [4.69, 9.17) is 4.74 Å². The minimum atomic E-state index is -1.26. The van der Waals surface area contributed by atoms with Gasteiger partial charge in [0.25, 0.3) is 0 Å². The van der Waals surface area contributed by atoms with Gasteiger partial charge in [-0.15, -0.1) is 12.4 Å². The predicted molar refractivity (Wildman–Crippen MR) is 138 cm³/mol. The Labute approximate surface area is 210 Å². The number of nitrogens with one attached hydrogen (secondary N) is 1. The van der Waals surface area contributed by atoms with Gasteiger partial charge in [0.05, 0.1) is 5.56 Å². The largest absolute Gasteiger partial charge is 0.489 e. The predicted octanol–water partition coefficient (Wildman–Crippen LogP) is 6.73. The van der Waals surface area contributed by atoms with Crippen molar-refractivity contribution in [1.29, 1.82) is 0 Å². The van der Waals surface area contributed by atoms with Gasteiger partial charge in [0, 0.05) is 24.1 Å². The lowest BCUT2D eigenvalue weighted by Crippen LogP contribution is -2.37. The number of carboxylic acids is 1. The number of hydrogen-bond acceptors (Lipinski definition) is 3. The summed E-state index contributed by atoms with van der Waals surface area (Å²) in [7, 11) is 0. The first kappa shape index (κ1) is 24.7. The maximum absolute atomic E-state index is 14.5. The summed E-state index contributed by atoms with van der Waals surface area (Å²) in [6.07, 6.45) is 0.553. The molecule has 4 nitrogen and oxygen atoms in total. The molecule has 0 spiro atoms. The molecular formula is C29H27ClFNO3. The third-order valence-corrected chi connectivity index (χ3v) is 6.65. The van der Waals surface area contributed by atoms with Gasteiger partial charge in [0.15, 0.2) is 0 Å². The topological polar surface area (TPSA) is 58.6 Å². The van der Waals surface area contributed by atoms with Crippen LogP contribution in [0.1, 0.15) is 52.4 Å². The van der Waals surface area contributed by atoms with Crippen LogP contribution < -0.4 is 10.1 Å². The molecule has 180 valence electrons. The molecule has 0 aromatic heterocycles. The van der Waals surface area contributed by atoms with Crippen LogP contribution in [-0.2, 0) is 0 Å². The van der Waals surface area contributed by atoms with E-state index in [1.54, 1.807) is 6.07 Å².